The Bertz CT molecular complexity index is 2130. The van der Waals surface area contributed by atoms with E-state index in [-0.39, 0.29) is 24.5 Å². The molecule has 0 bridgehead atoms. The number of halogens is 2. The number of epoxide rings is 1. The molecule has 7 rings (SSSR count). The number of amides is 1. The number of carbonyl (C=O) groups excluding carboxylic acids is 1. The lowest BCUT2D eigenvalue weighted by molar-refractivity contribution is -0.111. The van der Waals surface area contributed by atoms with Crippen LogP contribution in [0.1, 0.15) is 35.6 Å². The first kappa shape index (κ1) is 30.9. The Labute approximate surface area is 277 Å². The number of aromatic nitrogens is 1. The van der Waals surface area contributed by atoms with E-state index in [0.717, 1.165) is 61.6 Å². The minimum atomic E-state index is -2.89. The largest absolute Gasteiger partial charge is 0.489 e. The van der Waals surface area contributed by atoms with E-state index in [1.54, 1.807) is 12.1 Å². The number of hydrogen-bond acceptors (Lipinski definition) is 5. The molecule has 4 aromatic carbocycles. The van der Waals surface area contributed by atoms with Gasteiger partial charge in [-0.15, -0.1) is 0 Å². The van der Waals surface area contributed by atoms with E-state index in [4.69, 9.17) is 14.5 Å². The number of pyridine rings is 1. The lowest BCUT2D eigenvalue weighted by atomic mass is 9.97. The van der Waals surface area contributed by atoms with Gasteiger partial charge in [0.1, 0.15) is 19.0 Å². The molecule has 0 unspecified atom stereocenters. The molecule has 0 radical (unpaired) electrons. The first-order chi connectivity index (χ1) is 23.2. The molecule has 1 N–H and O–H groups in total. The fraction of sp³-hybridized carbons (Fsp3) is 0.150. The quantitative estimate of drug-likeness (QED) is 0.128. The molecule has 0 atom stereocenters. The van der Waals surface area contributed by atoms with Crippen molar-refractivity contribution < 1.29 is 23.0 Å². The fourth-order valence-corrected chi connectivity index (χ4v) is 5.82. The molecular formula is C40H33F2N3O3. The lowest BCUT2D eigenvalue weighted by Gasteiger charge is -2.31. The van der Waals surface area contributed by atoms with Gasteiger partial charge in [0, 0.05) is 40.5 Å². The molecule has 0 spiro atoms. The van der Waals surface area contributed by atoms with Crippen LogP contribution in [-0.4, -0.2) is 17.5 Å². The molecule has 1 amide bonds. The van der Waals surface area contributed by atoms with Crippen LogP contribution in [0.5, 0.6) is 5.75 Å². The number of ether oxygens (including phenoxy) is 2. The maximum Gasteiger partial charge on any atom is 0.273 e. The zero-order chi connectivity index (χ0) is 33.4. The maximum absolute atomic E-state index is 14.2. The summed E-state index contributed by atoms with van der Waals surface area (Å²) in [5.74, 6) is -1.87. The number of alkyl halides is 2. The van der Waals surface area contributed by atoms with E-state index < -0.39 is 5.92 Å². The molecule has 2 aliphatic rings. The van der Waals surface area contributed by atoms with Gasteiger partial charge in [0.05, 0.1) is 16.9 Å². The molecule has 3 heterocycles. The lowest BCUT2D eigenvalue weighted by Crippen LogP contribution is -2.20. The van der Waals surface area contributed by atoms with Crippen LogP contribution in [0.3, 0.4) is 0 Å². The number of nitrogens with one attached hydrogen (secondary N) is 1. The predicted molar refractivity (Wildman–Crippen MR) is 186 cm³/mol. The Morgan fingerprint density at radius 1 is 1.04 bits per heavy atom. The van der Waals surface area contributed by atoms with Crippen molar-refractivity contribution in [3.8, 4) is 16.9 Å². The van der Waals surface area contributed by atoms with Gasteiger partial charge in [0.15, 0.2) is 5.76 Å². The standard InChI is InChI=1S/C40H33F2N3O3/c1-4-38(46)44-35-21-31(16-9-25(35)3)45-36(37-24-48-37)18-15-29-22-43-34-17-14-28(19-33(34)39(29)45)27-12-10-26(11-13-27)23-47-32-8-6-7-30(20-32)40(41,42)5-2/h4,6-22H,1,5,23-24H2,2-3H3,(H,44,46)/b37-36+. The van der Waals surface area contributed by atoms with Crippen molar-refractivity contribution in [1.29, 1.82) is 0 Å². The number of anilines is 3. The van der Waals surface area contributed by atoms with Crippen LogP contribution in [0, 0.1) is 6.92 Å². The van der Waals surface area contributed by atoms with Crippen molar-refractivity contribution in [3.05, 3.63) is 144 Å². The molecule has 48 heavy (non-hydrogen) atoms. The highest BCUT2D eigenvalue weighted by Gasteiger charge is 2.31. The Hall–Kier alpha value is -5.76. The summed E-state index contributed by atoms with van der Waals surface area (Å²) in [5, 5.41) is 3.88. The van der Waals surface area contributed by atoms with E-state index in [0.29, 0.717) is 18.0 Å². The number of aryl methyl sites for hydroxylation is 1. The van der Waals surface area contributed by atoms with Crippen molar-refractivity contribution in [2.24, 2.45) is 0 Å². The summed E-state index contributed by atoms with van der Waals surface area (Å²) >= 11 is 0. The number of rotatable bonds is 9. The van der Waals surface area contributed by atoms with Crippen LogP contribution in [0.4, 0.5) is 25.8 Å². The molecule has 2 aliphatic heterocycles. The molecule has 1 fully saturated rings. The minimum absolute atomic E-state index is 0.0462. The van der Waals surface area contributed by atoms with Gasteiger partial charge in [-0.25, -0.2) is 8.78 Å². The normalized spacial score (nSPS) is 15.1. The third kappa shape index (κ3) is 6.05. The third-order valence-corrected chi connectivity index (χ3v) is 8.64. The molecule has 1 saturated heterocycles. The van der Waals surface area contributed by atoms with Crippen LogP contribution in [0.25, 0.3) is 28.1 Å². The number of allylic oxidation sites excluding steroid dienone is 1. The van der Waals surface area contributed by atoms with Gasteiger partial charge >= 0.3 is 0 Å². The van der Waals surface area contributed by atoms with Crippen molar-refractivity contribution in [2.75, 3.05) is 16.8 Å². The molecule has 6 nitrogen and oxygen atoms in total. The molecule has 1 aromatic heterocycles. The number of fused-ring (bicyclic) bond motifs is 3. The molecular weight excluding hydrogens is 608 g/mol. The van der Waals surface area contributed by atoms with Crippen LogP contribution in [0.2, 0.25) is 0 Å². The summed E-state index contributed by atoms with van der Waals surface area (Å²) in [7, 11) is 0. The Morgan fingerprint density at radius 2 is 1.83 bits per heavy atom. The maximum atomic E-state index is 14.2. The molecule has 0 saturated carbocycles. The van der Waals surface area contributed by atoms with E-state index >= 15 is 0 Å². The van der Waals surface area contributed by atoms with Gasteiger partial charge in [-0.05, 0) is 83.8 Å². The zero-order valence-corrected chi connectivity index (χ0v) is 26.6. The fourth-order valence-electron chi connectivity index (χ4n) is 5.82. The van der Waals surface area contributed by atoms with Crippen molar-refractivity contribution in [3.63, 3.8) is 0 Å². The molecule has 8 heteroatoms. The van der Waals surface area contributed by atoms with Crippen LogP contribution in [-0.2, 0) is 22.1 Å². The summed E-state index contributed by atoms with van der Waals surface area (Å²) < 4.78 is 39.9. The van der Waals surface area contributed by atoms with Gasteiger partial charge in [-0.1, -0.05) is 62.0 Å². The van der Waals surface area contributed by atoms with Gasteiger partial charge in [0.25, 0.3) is 5.92 Å². The highest BCUT2D eigenvalue weighted by atomic mass is 19.3. The van der Waals surface area contributed by atoms with Gasteiger partial charge < -0.3 is 19.7 Å². The average Bonchev–Trinajstić information content (AvgIpc) is 3.97. The van der Waals surface area contributed by atoms with Gasteiger partial charge in [0.2, 0.25) is 5.91 Å². The molecule has 240 valence electrons. The highest BCUT2D eigenvalue weighted by Crippen LogP contribution is 2.45. The van der Waals surface area contributed by atoms with Gasteiger partial charge in [-0.2, -0.15) is 0 Å². The topological polar surface area (TPSA) is 67.0 Å². The van der Waals surface area contributed by atoms with Crippen LogP contribution in [0.15, 0.2) is 121 Å². The number of benzene rings is 4. The Morgan fingerprint density at radius 3 is 2.58 bits per heavy atom. The summed E-state index contributed by atoms with van der Waals surface area (Å²) in [6.45, 7) is 7.81. The predicted octanol–water partition coefficient (Wildman–Crippen LogP) is 9.82. The SMILES string of the molecule is C=CC(=O)Nc1cc(N2/C(=C3\CO3)C=Cc3cnc4ccc(-c5ccc(COc6cccc(C(F)(F)CC)c6)cc5)cc4c32)ccc1C. The van der Waals surface area contributed by atoms with E-state index in [1.807, 2.05) is 73.8 Å². The summed E-state index contributed by atoms with van der Waals surface area (Å²) in [6, 6.07) is 26.3. The van der Waals surface area contributed by atoms with Gasteiger partial charge in [-0.3, -0.25) is 9.78 Å². The molecule has 5 aromatic rings. The first-order valence-corrected chi connectivity index (χ1v) is 15.8. The zero-order valence-electron chi connectivity index (χ0n) is 26.6. The number of hydrogen-bond donors (Lipinski definition) is 1. The molecule has 0 aliphatic carbocycles. The van der Waals surface area contributed by atoms with E-state index in [2.05, 4.69) is 28.9 Å². The Balaban J connectivity index is 1.21. The van der Waals surface area contributed by atoms with Crippen LogP contribution >= 0.6 is 0 Å². The van der Waals surface area contributed by atoms with E-state index in [9.17, 15) is 13.6 Å². The third-order valence-electron chi connectivity index (χ3n) is 8.64. The second-order valence-corrected chi connectivity index (χ2v) is 11.8. The van der Waals surface area contributed by atoms with E-state index in [1.165, 1.54) is 25.1 Å². The second kappa shape index (κ2) is 12.4. The summed E-state index contributed by atoms with van der Waals surface area (Å²) in [6.07, 6.45) is 6.95. The highest BCUT2D eigenvalue weighted by molar-refractivity contribution is 6.04. The van der Waals surface area contributed by atoms with Crippen molar-refractivity contribution in [1.82, 2.24) is 4.98 Å². The second-order valence-electron chi connectivity index (χ2n) is 11.8. The number of nitrogens with zero attached hydrogens (tertiary/aromatic N) is 2. The summed E-state index contributed by atoms with van der Waals surface area (Å²) in [5.41, 5.74) is 9.08. The monoisotopic (exact) mass is 641 g/mol. The minimum Gasteiger partial charge on any atom is -0.489 e. The summed E-state index contributed by atoms with van der Waals surface area (Å²) in [4.78, 5) is 19.1. The average molecular weight is 642 g/mol. The van der Waals surface area contributed by atoms with Crippen molar-refractivity contribution in [2.45, 2.75) is 32.8 Å². The first-order valence-electron chi connectivity index (χ1n) is 15.8. The smallest absolute Gasteiger partial charge is 0.273 e. The Kier molecular flexibility index (Phi) is 8.01. The van der Waals surface area contributed by atoms with Crippen LogP contribution < -0.4 is 15.0 Å². The van der Waals surface area contributed by atoms with Crippen molar-refractivity contribution >= 4 is 39.9 Å². The number of carbonyl (C=O) groups is 1.